The van der Waals surface area contributed by atoms with Crippen LogP contribution in [0.5, 0.6) is 0 Å². The molecule has 0 spiro atoms. The SMILES string of the molecule is B=C(B)CC1CCCCCCC1. The van der Waals surface area contributed by atoms with Crippen molar-refractivity contribution in [1.82, 2.24) is 0 Å². The molecule has 1 fully saturated rings. The summed E-state index contributed by atoms with van der Waals surface area (Å²) < 4.78 is 0. The van der Waals surface area contributed by atoms with Gasteiger partial charge in [0.05, 0.1) is 0 Å². The summed E-state index contributed by atoms with van der Waals surface area (Å²) in [6.45, 7) is 0. The van der Waals surface area contributed by atoms with Gasteiger partial charge in [-0.05, 0) is 0 Å². The minimum absolute atomic E-state index is 0.961. The van der Waals surface area contributed by atoms with Crippen LogP contribution in [-0.4, -0.2) is 20.7 Å². The van der Waals surface area contributed by atoms with Gasteiger partial charge in [0.2, 0.25) is 0 Å². The molecule has 0 nitrogen and oxygen atoms in total. The van der Waals surface area contributed by atoms with E-state index in [1.165, 1.54) is 56.7 Å². The molecular weight excluding hydrogens is 142 g/mol. The van der Waals surface area contributed by atoms with Crippen molar-refractivity contribution in [2.24, 2.45) is 5.92 Å². The molecule has 0 aromatic heterocycles. The van der Waals surface area contributed by atoms with Gasteiger partial charge in [0.25, 0.3) is 0 Å². The zero-order valence-electron chi connectivity index (χ0n) is 8.44. The Morgan fingerprint density at radius 3 is 2.08 bits per heavy atom. The van der Waals surface area contributed by atoms with E-state index < -0.39 is 0 Å². The van der Waals surface area contributed by atoms with E-state index in [0.717, 1.165) is 5.92 Å². The van der Waals surface area contributed by atoms with Crippen molar-refractivity contribution in [3.63, 3.8) is 0 Å². The van der Waals surface area contributed by atoms with Crippen molar-refractivity contribution in [1.29, 1.82) is 0 Å². The molecule has 1 aliphatic rings. The topological polar surface area (TPSA) is 0 Å². The van der Waals surface area contributed by atoms with Crippen molar-refractivity contribution in [3.8, 4) is 0 Å². The standard InChI is InChI=1S/C10H20B2/c11-10(12)8-9-6-4-2-1-3-5-7-9/h9,11H,1-8,12H2. The third-order valence-electron chi connectivity index (χ3n) is 2.86. The van der Waals surface area contributed by atoms with Crippen molar-refractivity contribution in [3.05, 3.63) is 0 Å². The van der Waals surface area contributed by atoms with E-state index in [1.807, 2.05) is 0 Å². The molecule has 0 saturated heterocycles. The molecule has 0 amide bonds. The summed E-state index contributed by atoms with van der Waals surface area (Å²) in [7, 11) is 6.17. The molecule has 2 heteroatoms. The van der Waals surface area contributed by atoms with Gasteiger partial charge >= 0.3 is 78.0 Å². The predicted molar refractivity (Wildman–Crippen MR) is 61.1 cm³/mol. The van der Waals surface area contributed by atoms with Crippen LogP contribution in [0.4, 0.5) is 0 Å². The molecular formula is C10H20B2. The van der Waals surface area contributed by atoms with Crippen LogP contribution < -0.4 is 0 Å². The first-order chi connectivity index (χ1) is 5.79. The van der Waals surface area contributed by atoms with E-state index in [0.29, 0.717) is 0 Å². The van der Waals surface area contributed by atoms with Crippen LogP contribution in [0.25, 0.3) is 0 Å². The first-order valence-electron chi connectivity index (χ1n) is 5.43. The molecule has 0 radical (unpaired) electrons. The number of rotatable bonds is 2. The maximum absolute atomic E-state index is 4.00. The van der Waals surface area contributed by atoms with Crippen LogP contribution in [-0.2, 0) is 0 Å². The molecule has 66 valence electrons. The zero-order chi connectivity index (χ0) is 8.81. The van der Waals surface area contributed by atoms with Crippen molar-refractivity contribution >= 4 is 20.7 Å². The number of hydrogen-bond acceptors (Lipinski definition) is 0. The molecule has 0 aromatic carbocycles. The fourth-order valence-electron chi connectivity index (χ4n) is 2.24. The van der Waals surface area contributed by atoms with E-state index in [2.05, 4.69) is 15.3 Å². The Kier molecular flexibility index (Phi) is 4.72. The molecule has 12 heavy (non-hydrogen) atoms. The van der Waals surface area contributed by atoms with Crippen LogP contribution >= 0.6 is 0 Å². The van der Waals surface area contributed by atoms with Crippen LogP contribution in [0.3, 0.4) is 0 Å². The second-order valence-corrected chi connectivity index (χ2v) is 4.37. The van der Waals surface area contributed by atoms with E-state index >= 15 is 0 Å². The third-order valence-corrected chi connectivity index (χ3v) is 2.86. The van der Waals surface area contributed by atoms with Gasteiger partial charge in [0, 0.05) is 0 Å². The third kappa shape index (κ3) is 4.13. The van der Waals surface area contributed by atoms with Crippen LogP contribution in [0.2, 0.25) is 0 Å². The summed E-state index contributed by atoms with van der Waals surface area (Å²) in [6.07, 6.45) is 11.5. The molecule has 1 aliphatic carbocycles. The van der Waals surface area contributed by atoms with E-state index in [-0.39, 0.29) is 0 Å². The molecule has 0 atom stereocenters. The Bertz CT molecular complexity index is 135. The molecule has 0 aliphatic heterocycles. The van der Waals surface area contributed by atoms with Crippen LogP contribution in [0.1, 0.15) is 51.4 Å². The van der Waals surface area contributed by atoms with Crippen molar-refractivity contribution in [2.45, 2.75) is 51.4 Å². The van der Waals surface area contributed by atoms with Gasteiger partial charge in [-0.1, -0.05) is 0 Å². The van der Waals surface area contributed by atoms with Crippen LogP contribution in [0, 0.1) is 5.92 Å². The van der Waals surface area contributed by atoms with E-state index in [4.69, 9.17) is 0 Å². The molecule has 0 unspecified atom stereocenters. The van der Waals surface area contributed by atoms with E-state index in [9.17, 15) is 0 Å². The molecule has 0 heterocycles. The Balaban J connectivity index is 2.24. The summed E-state index contributed by atoms with van der Waals surface area (Å²) >= 11 is 0. The Hall–Kier alpha value is -0.000130. The summed E-state index contributed by atoms with van der Waals surface area (Å²) in [4.78, 5) is 0. The van der Waals surface area contributed by atoms with Gasteiger partial charge in [-0.3, -0.25) is 0 Å². The first kappa shape index (κ1) is 10.1. The second-order valence-electron chi connectivity index (χ2n) is 4.37. The average Bonchev–Trinajstić information content (AvgIpc) is 1.93. The minimum atomic E-state index is 0.961. The fraction of sp³-hybridized carbons (Fsp3) is 0.900. The zero-order valence-corrected chi connectivity index (χ0v) is 8.44. The van der Waals surface area contributed by atoms with Crippen LogP contribution in [0.15, 0.2) is 0 Å². The second kappa shape index (κ2) is 5.61. The molecule has 0 N–H and O–H groups in total. The van der Waals surface area contributed by atoms with Gasteiger partial charge in [-0.15, -0.1) is 0 Å². The Labute approximate surface area is 78.6 Å². The predicted octanol–water partition coefficient (Wildman–Crippen LogP) is 1.40. The molecule has 1 saturated carbocycles. The molecule has 0 aromatic rings. The fourth-order valence-corrected chi connectivity index (χ4v) is 2.24. The van der Waals surface area contributed by atoms with Gasteiger partial charge in [0.15, 0.2) is 0 Å². The van der Waals surface area contributed by atoms with Gasteiger partial charge < -0.3 is 0 Å². The molecule has 1 rings (SSSR count). The summed E-state index contributed by atoms with van der Waals surface area (Å²) in [5, 5.41) is 1.38. The quantitative estimate of drug-likeness (QED) is 0.538. The van der Waals surface area contributed by atoms with Gasteiger partial charge in [-0.2, -0.15) is 0 Å². The number of hydrogen-bond donors (Lipinski definition) is 0. The van der Waals surface area contributed by atoms with Gasteiger partial charge in [-0.25, -0.2) is 0 Å². The Morgan fingerprint density at radius 1 is 1.08 bits per heavy atom. The summed E-state index contributed by atoms with van der Waals surface area (Å²) in [6, 6.07) is 0. The van der Waals surface area contributed by atoms with Crippen molar-refractivity contribution in [2.75, 3.05) is 0 Å². The monoisotopic (exact) mass is 162 g/mol. The summed E-state index contributed by atoms with van der Waals surface area (Å²) in [5.74, 6) is 0.961. The summed E-state index contributed by atoms with van der Waals surface area (Å²) in [5.41, 5.74) is 0. The Morgan fingerprint density at radius 2 is 1.58 bits per heavy atom. The van der Waals surface area contributed by atoms with Crippen molar-refractivity contribution < 1.29 is 0 Å². The van der Waals surface area contributed by atoms with E-state index in [1.54, 1.807) is 0 Å². The van der Waals surface area contributed by atoms with Gasteiger partial charge in [0.1, 0.15) is 0 Å². The maximum atomic E-state index is 4.00. The normalized spacial score (nSPS) is 21.2. The molecule has 0 bridgehead atoms. The first-order valence-corrected chi connectivity index (χ1v) is 5.43. The average molecular weight is 162 g/mol.